The van der Waals surface area contributed by atoms with E-state index in [1.807, 2.05) is 36.4 Å². The van der Waals surface area contributed by atoms with Crippen LogP contribution in [0.25, 0.3) is 11.1 Å². The summed E-state index contributed by atoms with van der Waals surface area (Å²) < 4.78 is 10.7. The molecule has 5 rings (SSSR count). The van der Waals surface area contributed by atoms with Gasteiger partial charge in [0, 0.05) is 24.9 Å². The van der Waals surface area contributed by atoms with Gasteiger partial charge in [-0.25, -0.2) is 0 Å². The zero-order chi connectivity index (χ0) is 23.4. The molecule has 3 aromatic rings. The molecular weight excluding hydrogens is 428 g/mol. The van der Waals surface area contributed by atoms with E-state index in [4.69, 9.17) is 9.47 Å². The summed E-state index contributed by atoms with van der Waals surface area (Å²) in [6.45, 7) is 0.656. The summed E-state index contributed by atoms with van der Waals surface area (Å²) in [4.78, 5) is 24.7. The predicted molar refractivity (Wildman–Crippen MR) is 129 cm³/mol. The van der Waals surface area contributed by atoms with Gasteiger partial charge in [-0.05, 0) is 53.6 Å². The van der Waals surface area contributed by atoms with Crippen LogP contribution in [-0.4, -0.2) is 24.1 Å². The van der Waals surface area contributed by atoms with E-state index in [-0.39, 0.29) is 24.1 Å². The fraction of sp³-hybridized carbons (Fsp3) is 0.286. The van der Waals surface area contributed by atoms with Gasteiger partial charge in [0.1, 0.15) is 0 Å². The van der Waals surface area contributed by atoms with Gasteiger partial charge in [0.15, 0.2) is 11.5 Å². The van der Waals surface area contributed by atoms with Crippen LogP contribution in [0.15, 0.2) is 72.8 Å². The average molecular weight is 457 g/mol. The first-order valence-corrected chi connectivity index (χ1v) is 11.7. The quantitative estimate of drug-likeness (QED) is 0.528. The van der Waals surface area contributed by atoms with Crippen molar-refractivity contribution in [2.45, 2.75) is 44.2 Å². The smallest absolute Gasteiger partial charge is 0.231 e. The molecule has 6 heteroatoms. The van der Waals surface area contributed by atoms with Crippen LogP contribution in [0, 0.1) is 0 Å². The Hall–Kier alpha value is -3.80. The molecule has 2 aliphatic rings. The molecule has 0 aliphatic carbocycles. The standard InChI is InChI=1S/C28H28N2O4/c31-26(29-18-21-8-11-24-25(16-21)34-19-33-24)12-14-28(15-13-27(32)30-28)17-20-6-9-23(10-7-20)22-4-2-1-3-5-22/h1-11,16H,12-15,17-19H2,(H,29,31)(H,30,32). The second kappa shape index (κ2) is 9.59. The van der Waals surface area contributed by atoms with Crippen molar-refractivity contribution in [1.29, 1.82) is 0 Å². The van der Waals surface area contributed by atoms with Crippen molar-refractivity contribution in [2.24, 2.45) is 0 Å². The van der Waals surface area contributed by atoms with Crippen molar-refractivity contribution in [3.8, 4) is 22.6 Å². The van der Waals surface area contributed by atoms with Crippen LogP contribution in [0.3, 0.4) is 0 Å². The first kappa shape index (κ1) is 22.0. The Morgan fingerprint density at radius 3 is 2.41 bits per heavy atom. The van der Waals surface area contributed by atoms with Crippen LogP contribution >= 0.6 is 0 Å². The monoisotopic (exact) mass is 456 g/mol. The number of ether oxygens (including phenoxy) is 2. The highest BCUT2D eigenvalue weighted by Crippen LogP contribution is 2.33. The largest absolute Gasteiger partial charge is 0.454 e. The highest BCUT2D eigenvalue weighted by atomic mass is 16.7. The Morgan fingerprint density at radius 1 is 0.912 bits per heavy atom. The van der Waals surface area contributed by atoms with E-state index >= 15 is 0 Å². The Bertz CT molecular complexity index is 1180. The third-order valence-corrected chi connectivity index (χ3v) is 6.60. The predicted octanol–water partition coefficient (Wildman–Crippen LogP) is 4.37. The van der Waals surface area contributed by atoms with Crippen molar-refractivity contribution in [2.75, 3.05) is 6.79 Å². The first-order valence-electron chi connectivity index (χ1n) is 11.7. The zero-order valence-electron chi connectivity index (χ0n) is 19.0. The molecule has 1 atom stereocenters. The minimum absolute atomic E-state index is 0.0300. The van der Waals surface area contributed by atoms with E-state index in [1.54, 1.807) is 0 Å². The molecule has 174 valence electrons. The number of hydrogen-bond donors (Lipinski definition) is 2. The molecule has 1 saturated heterocycles. The number of benzene rings is 3. The third-order valence-electron chi connectivity index (χ3n) is 6.60. The molecule has 1 fully saturated rings. The normalized spacial score (nSPS) is 18.5. The number of amides is 2. The number of rotatable bonds is 8. The minimum atomic E-state index is -0.387. The van der Waals surface area contributed by atoms with Gasteiger partial charge in [0.05, 0.1) is 0 Å². The average Bonchev–Trinajstić information content (AvgIpc) is 3.48. The molecule has 6 nitrogen and oxygen atoms in total. The Balaban J connectivity index is 1.19. The number of hydrogen-bond acceptors (Lipinski definition) is 4. The molecule has 2 aliphatic heterocycles. The van der Waals surface area contributed by atoms with Gasteiger partial charge in [-0.3, -0.25) is 9.59 Å². The first-order chi connectivity index (χ1) is 16.6. The molecule has 2 N–H and O–H groups in total. The molecule has 0 radical (unpaired) electrons. The zero-order valence-corrected chi connectivity index (χ0v) is 19.0. The molecule has 2 amide bonds. The summed E-state index contributed by atoms with van der Waals surface area (Å²) in [6.07, 6.45) is 2.91. The summed E-state index contributed by atoms with van der Waals surface area (Å²) >= 11 is 0. The van der Waals surface area contributed by atoms with Gasteiger partial charge < -0.3 is 20.1 Å². The van der Waals surface area contributed by atoms with E-state index in [0.29, 0.717) is 38.0 Å². The lowest BCUT2D eigenvalue weighted by Gasteiger charge is -2.29. The maximum absolute atomic E-state index is 12.6. The fourth-order valence-electron chi connectivity index (χ4n) is 4.71. The number of fused-ring (bicyclic) bond motifs is 1. The van der Waals surface area contributed by atoms with Crippen molar-refractivity contribution in [3.63, 3.8) is 0 Å². The summed E-state index contributed by atoms with van der Waals surface area (Å²) in [6, 6.07) is 24.4. The topological polar surface area (TPSA) is 76.7 Å². The number of nitrogens with one attached hydrogen (secondary N) is 2. The summed E-state index contributed by atoms with van der Waals surface area (Å²) in [5.74, 6) is 1.46. The van der Waals surface area contributed by atoms with Crippen LogP contribution in [0.4, 0.5) is 0 Å². The third kappa shape index (κ3) is 5.06. The van der Waals surface area contributed by atoms with Gasteiger partial charge in [-0.1, -0.05) is 60.7 Å². The molecule has 0 aromatic heterocycles. The molecule has 0 bridgehead atoms. The van der Waals surface area contributed by atoms with Crippen molar-refractivity contribution < 1.29 is 19.1 Å². The van der Waals surface area contributed by atoms with Crippen LogP contribution in [0.1, 0.15) is 36.8 Å². The van der Waals surface area contributed by atoms with Crippen LogP contribution < -0.4 is 20.1 Å². The lowest BCUT2D eigenvalue weighted by Crippen LogP contribution is -2.44. The van der Waals surface area contributed by atoms with Gasteiger partial charge in [0.25, 0.3) is 0 Å². The second-order valence-corrected chi connectivity index (χ2v) is 9.03. The Kier molecular flexibility index (Phi) is 6.21. The van der Waals surface area contributed by atoms with E-state index in [0.717, 1.165) is 28.9 Å². The van der Waals surface area contributed by atoms with E-state index in [2.05, 4.69) is 47.0 Å². The van der Waals surface area contributed by atoms with Crippen LogP contribution in [-0.2, 0) is 22.6 Å². The van der Waals surface area contributed by atoms with Gasteiger partial charge in [-0.2, -0.15) is 0 Å². The second-order valence-electron chi connectivity index (χ2n) is 9.03. The molecule has 2 heterocycles. The molecule has 1 unspecified atom stereocenters. The maximum atomic E-state index is 12.6. The maximum Gasteiger partial charge on any atom is 0.231 e. The summed E-state index contributed by atoms with van der Waals surface area (Å²) in [5.41, 5.74) is 4.07. The van der Waals surface area contributed by atoms with Crippen LogP contribution in [0.2, 0.25) is 0 Å². The lowest BCUT2D eigenvalue weighted by molar-refractivity contribution is -0.122. The van der Waals surface area contributed by atoms with Crippen molar-refractivity contribution in [3.05, 3.63) is 83.9 Å². The van der Waals surface area contributed by atoms with Crippen LogP contribution in [0.5, 0.6) is 11.5 Å². The van der Waals surface area contributed by atoms with Crippen molar-refractivity contribution >= 4 is 11.8 Å². The highest BCUT2D eigenvalue weighted by molar-refractivity contribution is 5.80. The van der Waals surface area contributed by atoms with Gasteiger partial charge >= 0.3 is 0 Å². The van der Waals surface area contributed by atoms with E-state index < -0.39 is 0 Å². The molecule has 34 heavy (non-hydrogen) atoms. The van der Waals surface area contributed by atoms with Crippen molar-refractivity contribution in [1.82, 2.24) is 10.6 Å². The van der Waals surface area contributed by atoms with Gasteiger partial charge in [-0.15, -0.1) is 0 Å². The number of carbonyl (C=O) groups is 2. The fourth-order valence-corrected chi connectivity index (χ4v) is 4.71. The Labute approximate surface area is 199 Å². The summed E-state index contributed by atoms with van der Waals surface area (Å²) in [7, 11) is 0. The SMILES string of the molecule is O=C(CCC1(Cc2ccc(-c3ccccc3)cc2)CCC(=O)N1)NCc1ccc2c(c1)OCO2. The van der Waals surface area contributed by atoms with E-state index in [1.165, 1.54) is 5.56 Å². The molecule has 0 saturated carbocycles. The molecule has 3 aromatic carbocycles. The Morgan fingerprint density at radius 2 is 1.65 bits per heavy atom. The highest BCUT2D eigenvalue weighted by Gasteiger charge is 2.37. The molecule has 0 spiro atoms. The van der Waals surface area contributed by atoms with E-state index in [9.17, 15) is 9.59 Å². The van der Waals surface area contributed by atoms with Gasteiger partial charge in [0.2, 0.25) is 18.6 Å². The number of carbonyl (C=O) groups excluding carboxylic acids is 2. The summed E-state index contributed by atoms with van der Waals surface area (Å²) in [5, 5.41) is 6.15. The minimum Gasteiger partial charge on any atom is -0.454 e. The molecular formula is C28H28N2O4. The lowest BCUT2D eigenvalue weighted by atomic mass is 9.84.